The highest BCUT2D eigenvalue weighted by Crippen LogP contribution is 2.51. The van der Waals surface area contributed by atoms with Gasteiger partial charge in [0.2, 0.25) is 0 Å². The van der Waals surface area contributed by atoms with Crippen molar-refractivity contribution in [3.8, 4) is 11.8 Å². The second-order valence-corrected chi connectivity index (χ2v) is 9.74. The molecule has 0 saturated heterocycles. The van der Waals surface area contributed by atoms with Gasteiger partial charge in [0.05, 0.1) is 18.3 Å². The average Bonchev–Trinajstić information content (AvgIpc) is 3.05. The molecular formula is C25H38O4. The van der Waals surface area contributed by atoms with E-state index >= 15 is 0 Å². The number of aliphatic hydroxyl groups is 3. The fourth-order valence-electron chi connectivity index (χ4n) is 5.19. The van der Waals surface area contributed by atoms with Gasteiger partial charge >= 0.3 is 0 Å². The molecule has 0 heterocycles. The quantitative estimate of drug-likeness (QED) is 0.621. The molecule has 0 radical (unpaired) electrons. The zero-order valence-electron chi connectivity index (χ0n) is 18.1. The highest BCUT2D eigenvalue weighted by molar-refractivity contribution is 5.23. The predicted octanol–water partition coefficient (Wildman–Crippen LogP) is 4.04. The normalized spacial score (nSPS) is 36.0. The third-order valence-electron chi connectivity index (χ3n) is 7.00. The molecule has 162 valence electrons. The Balaban J connectivity index is 1.52. The molecule has 1 unspecified atom stereocenters. The third kappa shape index (κ3) is 6.69. The van der Waals surface area contributed by atoms with E-state index in [4.69, 9.17) is 4.74 Å². The van der Waals surface area contributed by atoms with Crippen molar-refractivity contribution < 1.29 is 20.1 Å². The number of allylic oxidation sites excluding steroid dienone is 3. The van der Waals surface area contributed by atoms with E-state index in [0.717, 1.165) is 31.3 Å². The zero-order chi connectivity index (χ0) is 20.9. The van der Waals surface area contributed by atoms with E-state index in [1.54, 1.807) is 6.92 Å². The lowest BCUT2D eigenvalue weighted by molar-refractivity contribution is 0.0609. The van der Waals surface area contributed by atoms with Crippen LogP contribution in [-0.4, -0.2) is 45.8 Å². The van der Waals surface area contributed by atoms with Crippen molar-refractivity contribution in [3.05, 3.63) is 23.3 Å². The van der Waals surface area contributed by atoms with Crippen LogP contribution >= 0.6 is 0 Å². The summed E-state index contributed by atoms with van der Waals surface area (Å²) in [6.07, 6.45) is 14.6. The molecule has 0 amide bonds. The van der Waals surface area contributed by atoms with Crippen LogP contribution in [0.4, 0.5) is 0 Å². The van der Waals surface area contributed by atoms with Gasteiger partial charge < -0.3 is 20.1 Å². The Bertz CT molecular complexity index is 669. The number of rotatable bonds is 4. The van der Waals surface area contributed by atoms with Gasteiger partial charge in [0.1, 0.15) is 12.2 Å². The molecule has 29 heavy (non-hydrogen) atoms. The van der Waals surface area contributed by atoms with Crippen LogP contribution in [0, 0.1) is 17.3 Å². The molecule has 3 fully saturated rings. The number of aliphatic hydroxyl groups excluding tert-OH is 2. The van der Waals surface area contributed by atoms with E-state index < -0.39 is 17.8 Å². The first-order chi connectivity index (χ1) is 13.8. The van der Waals surface area contributed by atoms with Gasteiger partial charge in [-0.3, -0.25) is 0 Å². The summed E-state index contributed by atoms with van der Waals surface area (Å²) in [6, 6.07) is 0. The summed E-state index contributed by atoms with van der Waals surface area (Å²) in [7, 11) is 0. The van der Waals surface area contributed by atoms with Crippen LogP contribution in [0.5, 0.6) is 0 Å². The Morgan fingerprint density at radius 2 is 1.90 bits per heavy atom. The largest absolute Gasteiger partial charge is 0.393 e. The van der Waals surface area contributed by atoms with E-state index in [2.05, 4.69) is 24.0 Å². The summed E-state index contributed by atoms with van der Waals surface area (Å²) < 4.78 is 6.01. The Morgan fingerprint density at radius 3 is 2.62 bits per heavy atom. The Kier molecular flexibility index (Phi) is 7.62. The van der Waals surface area contributed by atoms with Gasteiger partial charge in [-0.05, 0) is 83.0 Å². The maximum absolute atomic E-state index is 9.95. The van der Waals surface area contributed by atoms with Crippen LogP contribution in [0.2, 0.25) is 0 Å². The van der Waals surface area contributed by atoms with Gasteiger partial charge in [-0.15, -0.1) is 0 Å². The van der Waals surface area contributed by atoms with E-state index in [0.29, 0.717) is 37.7 Å². The first kappa shape index (κ1) is 22.6. The minimum atomic E-state index is -0.914. The first-order valence-corrected chi connectivity index (χ1v) is 11.4. The van der Waals surface area contributed by atoms with Crippen LogP contribution in [0.1, 0.15) is 84.5 Å². The average molecular weight is 403 g/mol. The van der Waals surface area contributed by atoms with Gasteiger partial charge in [-0.25, -0.2) is 0 Å². The number of hydrogen-bond donors (Lipinski definition) is 3. The minimum absolute atomic E-state index is 0.275. The summed E-state index contributed by atoms with van der Waals surface area (Å²) in [4.78, 5) is 0. The van der Waals surface area contributed by atoms with Crippen molar-refractivity contribution >= 4 is 0 Å². The van der Waals surface area contributed by atoms with Crippen LogP contribution in [-0.2, 0) is 4.74 Å². The van der Waals surface area contributed by atoms with Crippen LogP contribution in [0.3, 0.4) is 0 Å². The van der Waals surface area contributed by atoms with Crippen LogP contribution < -0.4 is 0 Å². The van der Waals surface area contributed by atoms with Crippen LogP contribution in [0.25, 0.3) is 0 Å². The van der Waals surface area contributed by atoms with Crippen LogP contribution in [0.15, 0.2) is 23.3 Å². The summed E-state index contributed by atoms with van der Waals surface area (Å²) in [5.41, 5.74) is 2.11. The maximum Gasteiger partial charge on any atom is 0.122 e. The molecule has 3 aliphatic rings. The summed E-state index contributed by atoms with van der Waals surface area (Å²) in [6.45, 7) is 4.07. The number of hydrogen-bond acceptors (Lipinski definition) is 4. The Morgan fingerprint density at radius 1 is 1.17 bits per heavy atom. The van der Waals surface area contributed by atoms with Gasteiger partial charge in [0, 0.05) is 0 Å². The monoisotopic (exact) mass is 402 g/mol. The fraction of sp³-hybridized carbons (Fsp3) is 0.760. The molecule has 3 rings (SSSR count). The van der Waals surface area contributed by atoms with E-state index in [9.17, 15) is 15.3 Å². The minimum Gasteiger partial charge on any atom is -0.393 e. The SMILES string of the molecule is CCC(C)(O)C#CCO[C@@H]1CC[C@@]2(CCC/C(=C\C=C3C[C@@H](O)C[C@H](O)C3)C2)C1. The molecule has 0 bridgehead atoms. The van der Waals surface area contributed by atoms with Gasteiger partial charge in [0.25, 0.3) is 0 Å². The van der Waals surface area contributed by atoms with E-state index in [1.165, 1.54) is 24.8 Å². The summed E-state index contributed by atoms with van der Waals surface area (Å²) in [5, 5.41) is 29.7. The predicted molar refractivity (Wildman–Crippen MR) is 115 cm³/mol. The molecule has 3 saturated carbocycles. The molecule has 5 atom stereocenters. The first-order valence-electron chi connectivity index (χ1n) is 11.4. The molecule has 4 nitrogen and oxygen atoms in total. The highest BCUT2D eigenvalue weighted by atomic mass is 16.5. The topological polar surface area (TPSA) is 69.9 Å². The molecule has 3 N–H and O–H groups in total. The molecule has 0 aromatic carbocycles. The maximum atomic E-state index is 9.95. The van der Waals surface area contributed by atoms with Gasteiger partial charge in [-0.2, -0.15) is 0 Å². The standard InChI is InChI=1S/C25H38O4/c1-3-24(2,28)10-5-13-29-23-9-12-25(18-23)11-4-6-19(17-25)7-8-20-14-21(26)16-22(27)15-20/h7-8,21-23,26-28H,3-4,6,9,11-18H2,1-2H3/b19-7+/t21-,22-,23-,24?,25-/m1/s1. The van der Waals surface area contributed by atoms with E-state index in [1.807, 2.05) is 6.92 Å². The smallest absolute Gasteiger partial charge is 0.122 e. The molecule has 0 aromatic rings. The molecule has 4 heteroatoms. The van der Waals surface area contributed by atoms with Crippen molar-refractivity contribution in [2.24, 2.45) is 5.41 Å². The summed E-state index contributed by atoms with van der Waals surface area (Å²) in [5.74, 6) is 5.88. The van der Waals surface area contributed by atoms with Crippen molar-refractivity contribution in [2.75, 3.05) is 6.61 Å². The molecule has 0 aliphatic heterocycles. The van der Waals surface area contributed by atoms with Gasteiger partial charge in [0.15, 0.2) is 0 Å². The molecule has 1 spiro atoms. The Labute approximate surface area is 176 Å². The second-order valence-electron chi connectivity index (χ2n) is 9.74. The summed E-state index contributed by atoms with van der Waals surface area (Å²) >= 11 is 0. The lowest BCUT2D eigenvalue weighted by Gasteiger charge is -2.35. The lowest BCUT2D eigenvalue weighted by atomic mass is 9.70. The van der Waals surface area contributed by atoms with Crippen molar-refractivity contribution in [3.63, 3.8) is 0 Å². The van der Waals surface area contributed by atoms with Gasteiger partial charge in [-0.1, -0.05) is 42.1 Å². The lowest BCUT2D eigenvalue weighted by Crippen LogP contribution is -2.25. The van der Waals surface area contributed by atoms with Crippen molar-refractivity contribution in [1.82, 2.24) is 0 Å². The molecule has 0 aromatic heterocycles. The Hall–Kier alpha value is -1.12. The van der Waals surface area contributed by atoms with E-state index in [-0.39, 0.29) is 6.10 Å². The number of ether oxygens (including phenoxy) is 1. The molecule has 3 aliphatic carbocycles. The fourth-order valence-corrected chi connectivity index (χ4v) is 5.19. The highest BCUT2D eigenvalue weighted by Gasteiger charge is 2.41. The molecular weight excluding hydrogens is 364 g/mol. The third-order valence-corrected chi connectivity index (χ3v) is 7.00. The van der Waals surface area contributed by atoms with Crippen molar-refractivity contribution in [2.45, 2.75) is 108 Å². The van der Waals surface area contributed by atoms with Crippen molar-refractivity contribution in [1.29, 1.82) is 0 Å². The zero-order valence-corrected chi connectivity index (χ0v) is 18.1. The second kappa shape index (κ2) is 9.79.